The summed E-state index contributed by atoms with van der Waals surface area (Å²) in [7, 11) is 0. The predicted molar refractivity (Wildman–Crippen MR) is 128 cm³/mol. The average Bonchev–Trinajstić information content (AvgIpc) is 3.45. The highest BCUT2D eigenvalue weighted by Gasteiger charge is 2.17. The lowest BCUT2D eigenvalue weighted by atomic mass is 10.3. The average molecular weight is 468 g/mol. The van der Waals surface area contributed by atoms with Crippen LogP contribution in [0.3, 0.4) is 0 Å². The van der Waals surface area contributed by atoms with Crippen molar-refractivity contribution in [2.75, 3.05) is 17.2 Å². The van der Waals surface area contributed by atoms with Gasteiger partial charge in [0.15, 0.2) is 10.9 Å². The summed E-state index contributed by atoms with van der Waals surface area (Å²) in [5.74, 6) is 0.591. The van der Waals surface area contributed by atoms with Crippen LogP contribution < -0.4 is 15.4 Å². The van der Waals surface area contributed by atoms with E-state index in [4.69, 9.17) is 9.15 Å². The first kappa shape index (κ1) is 21.9. The standard InChI is InChI=1S/C23H21N3O4S2/c1-3-29-16-8-11-18-20(13-16)32-23(25-18)26-21(27)14(2)31-17-9-6-15(7-10-17)24-22(28)19-5-4-12-30-19/h4-14H,3H2,1-2H3,(H,24,28)(H,25,26,27). The Kier molecular flexibility index (Phi) is 6.77. The Balaban J connectivity index is 1.34. The molecule has 0 aliphatic heterocycles. The molecule has 0 aliphatic carbocycles. The van der Waals surface area contributed by atoms with E-state index in [1.54, 1.807) is 24.3 Å². The van der Waals surface area contributed by atoms with Gasteiger partial charge in [-0.1, -0.05) is 11.3 Å². The highest BCUT2D eigenvalue weighted by Crippen LogP contribution is 2.31. The topological polar surface area (TPSA) is 93.5 Å². The van der Waals surface area contributed by atoms with E-state index in [2.05, 4.69) is 15.6 Å². The van der Waals surface area contributed by atoms with Crippen molar-refractivity contribution < 1.29 is 18.7 Å². The largest absolute Gasteiger partial charge is 0.494 e. The summed E-state index contributed by atoms with van der Waals surface area (Å²) < 4.78 is 11.6. The molecule has 1 atom stereocenters. The zero-order chi connectivity index (χ0) is 22.5. The number of thiazole rings is 1. The number of ether oxygens (including phenoxy) is 1. The molecular weight excluding hydrogens is 446 g/mol. The first-order valence-corrected chi connectivity index (χ1v) is 11.7. The van der Waals surface area contributed by atoms with Gasteiger partial charge in [0, 0.05) is 10.6 Å². The summed E-state index contributed by atoms with van der Waals surface area (Å²) in [4.78, 5) is 30.1. The van der Waals surface area contributed by atoms with Crippen LogP contribution in [0.5, 0.6) is 5.75 Å². The first-order valence-electron chi connectivity index (χ1n) is 9.97. The molecule has 4 aromatic rings. The fraction of sp³-hybridized carbons (Fsp3) is 0.174. The second-order valence-corrected chi connectivity index (χ2v) is 9.23. The summed E-state index contributed by atoms with van der Waals surface area (Å²) in [6.45, 7) is 4.37. The quantitative estimate of drug-likeness (QED) is 0.325. The maximum Gasteiger partial charge on any atom is 0.291 e. The third-order valence-electron chi connectivity index (χ3n) is 4.44. The van der Waals surface area contributed by atoms with Crippen LogP contribution in [0.1, 0.15) is 24.4 Å². The number of aromatic nitrogens is 1. The molecule has 0 saturated carbocycles. The Hall–Kier alpha value is -3.30. The molecule has 2 aromatic carbocycles. The SMILES string of the molecule is CCOc1ccc2nc(NC(=O)C(C)Sc3ccc(NC(=O)c4ccco4)cc3)sc2c1. The highest BCUT2D eigenvalue weighted by atomic mass is 32.2. The van der Waals surface area contributed by atoms with Gasteiger partial charge in [-0.3, -0.25) is 9.59 Å². The van der Waals surface area contributed by atoms with Crippen molar-refractivity contribution in [3.63, 3.8) is 0 Å². The number of hydrogen-bond acceptors (Lipinski definition) is 7. The van der Waals surface area contributed by atoms with E-state index in [0.29, 0.717) is 17.4 Å². The second-order valence-electron chi connectivity index (χ2n) is 6.79. The van der Waals surface area contributed by atoms with Gasteiger partial charge in [0.05, 0.1) is 28.3 Å². The van der Waals surface area contributed by atoms with Gasteiger partial charge in [0.25, 0.3) is 5.91 Å². The zero-order valence-electron chi connectivity index (χ0n) is 17.5. The van der Waals surface area contributed by atoms with Crippen molar-refractivity contribution in [2.24, 2.45) is 0 Å². The monoisotopic (exact) mass is 467 g/mol. The molecule has 164 valence electrons. The van der Waals surface area contributed by atoms with Gasteiger partial charge in [-0.15, -0.1) is 11.8 Å². The van der Waals surface area contributed by atoms with Gasteiger partial charge in [0.2, 0.25) is 5.91 Å². The number of carbonyl (C=O) groups excluding carboxylic acids is 2. The third kappa shape index (κ3) is 5.30. The smallest absolute Gasteiger partial charge is 0.291 e. The Labute approximate surface area is 193 Å². The number of fused-ring (bicyclic) bond motifs is 1. The van der Waals surface area contributed by atoms with Crippen LogP contribution in [-0.2, 0) is 4.79 Å². The maximum atomic E-state index is 12.6. The lowest BCUT2D eigenvalue weighted by Crippen LogP contribution is -2.22. The molecule has 0 fully saturated rings. The van der Waals surface area contributed by atoms with Gasteiger partial charge in [-0.25, -0.2) is 4.98 Å². The minimum atomic E-state index is -0.329. The molecule has 1 unspecified atom stereocenters. The summed E-state index contributed by atoms with van der Waals surface area (Å²) >= 11 is 2.84. The molecule has 0 aliphatic rings. The van der Waals surface area contributed by atoms with E-state index in [-0.39, 0.29) is 22.8 Å². The number of thioether (sulfide) groups is 1. The summed E-state index contributed by atoms with van der Waals surface area (Å²) in [6, 6.07) is 16.2. The van der Waals surface area contributed by atoms with Gasteiger partial charge in [-0.2, -0.15) is 0 Å². The van der Waals surface area contributed by atoms with Crippen molar-refractivity contribution in [1.29, 1.82) is 0 Å². The van der Waals surface area contributed by atoms with E-state index in [9.17, 15) is 9.59 Å². The molecule has 0 bridgehead atoms. The number of amides is 2. The molecule has 32 heavy (non-hydrogen) atoms. The van der Waals surface area contributed by atoms with Crippen LogP contribution in [0.15, 0.2) is 70.2 Å². The molecule has 0 saturated heterocycles. The molecule has 2 aromatic heterocycles. The van der Waals surface area contributed by atoms with Crippen LogP contribution in [0.2, 0.25) is 0 Å². The number of nitrogens with zero attached hydrogens (tertiary/aromatic N) is 1. The van der Waals surface area contributed by atoms with E-state index < -0.39 is 0 Å². The molecule has 4 rings (SSSR count). The number of nitrogens with one attached hydrogen (secondary N) is 2. The number of anilines is 2. The van der Waals surface area contributed by atoms with Gasteiger partial charge >= 0.3 is 0 Å². The van der Waals surface area contributed by atoms with Crippen LogP contribution in [0.25, 0.3) is 10.2 Å². The Morgan fingerprint density at radius 3 is 2.69 bits per heavy atom. The summed E-state index contributed by atoms with van der Waals surface area (Å²) in [5.41, 5.74) is 1.47. The second kappa shape index (κ2) is 9.88. The lowest BCUT2D eigenvalue weighted by Gasteiger charge is -2.11. The van der Waals surface area contributed by atoms with E-state index in [1.807, 2.05) is 44.2 Å². The zero-order valence-corrected chi connectivity index (χ0v) is 19.1. The van der Waals surface area contributed by atoms with Crippen molar-refractivity contribution >= 4 is 55.9 Å². The number of furan rings is 1. The number of hydrogen-bond donors (Lipinski definition) is 2. The van der Waals surface area contributed by atoms with E-state index in [1.165, 1.54) is 29.4 Å². The van der Waals surface area contributed by atoms with Gasteiger partial charge in [0.1, 0.15) is 5.75 Å². The third-order valence-corrected chi connectivity index (χ3v) is 6.49. The first-order chi connectivity index (χ1) is 15.5. The normalized spacial score (nSPS) is 11.8. The van der Waals surface area contributed by atoms with Gasteiger partial charge in [-0.05, 0) is 68.4 Å². The molecule has 0 radical (unpaired) electrons. The highest BCUT2D eigenvalue weighted by molar-refractivity contribution is 8.00. The van der Waals surface area contributed by atoms with Crippen molar-refractivity contribution in [2.45, 2.75) is 24.0 Å². The fourth-order valence-corrected chi connectivity index (χ4v) is 4.66. The van der Waals surface area contributed by atoms with Crippen molar-refractivity contribution in [3.05, 3.63) is 66.6 Å². The van der Waals surface area contributed by atoms with Crippen LogP contribution >= 0.6 is 23.1 Å². The van der Waals surface area contributed by atoms with E-state index in [0.717, 1.165) is 20.9 Å². The summed E-state index contributed by atoms with van der Waals surface area (Å²) in [5, 5.41) is 5.89. The molecule has 2 amide bonds. The van der Waals surface area contributed by atoms with E-state index >= 15 is 0 Å². The Morgan fingerprint density at radius 2 is 1.97 bits per heavy atom. The van der Waals surface area contributed by atoms with Crippen molar-refractivity contribution in [3.8, 4) is 5.75 Å². The minimum Gasteiger partial charge on any atom is -0.494 e. The van der Waals surface area contributed by atoms with Crippen LogP contribution in [-0.4, -0.2) is 28.7 Å². The molecule has 0 spiro atoms. The number of carbonyl (C=O) groups is 2. The number of benzene rings is 2. The molecule has 7 nitrogen and oxygen atoms in total. The molecule has 2 heterocycles. The van der Waals surface area contributed by atoms with Crippen LogP contribution in [0.4, 0.5) is 10.8 Å². The lowest BCUT2D eigenvalue weighted by molar-refractivity contribution is -0.115. The molecule has 2 N–H and O–H groups in total. The fourth-order valence-electron chi connectivity index (χ4n) is 2.90. The summed E-state index contributed by atoms with van der Waals surface area (Å²) in [6.07, 6.45) is 1.45. The molecule has 9 heteroatoms. The molecular formula is C23H21N3O4S2. The van der Waals surface area contributed by atoms with Crippen molar-refractivity contribution in [1.82, 2.24) is 4.98 Å². The number of rotatable bonds is 8. The van der Waals surface area contributed by atoms with Crippen LogP contribution in [0, 0.1) is 0 Å². The Bertz CT molecular complexity index is 1220. The minimum absolute atomic E-state index is 0.130. The van der Waals surface area contributed by atoms with Gasteiger partial charge < -0.3 is 19.8 Å². The maximum absolute atomic E-state index is 12.6. The predicted octanol–water partition coefficient (Wildman–Crippen LogP) is 5.66. The Morgan fingerprint density at radius 1 is 1.16 bits per heavy atom.